The van der Waals surface area contributed by atoms with E-state index in [-0.39, 0.29) is 11.8 Å². The molecule has 0 unspecified atom stereocenters. The summed E-state index contributed by atoms with van der Waals surface area (Å²) >= 11 is 0. The van der Waals surface area contributed by atoms with Gasteiger partial charge in [0.25, 0.3) is 0 Å². The van der Waals surface area contributed by atoms with Crippen LogP contribution < -0.4 is 15.8 Å². The number of carbonyl (C=O) groups excluding carboxylic acids is 1. The van der Waals surface area contributed by atoms with Crippen LogP contribution in [0.5, 0.6) is 5.75 Å². The number of primary amides is 1. The molecule has 4 rings (SSSR count). The van der Waals surface area contributed by atoms with E-state index < -0.39 is 0 Å². The molecule has 3 N–H and O–H groups in total. The van der Waals surface area contributed by atoms with Crippen molar-refractivity contribution in [2.75, 3.05) is 31.5 Å². The van der Waals surface area contributed by atoms with Crippen molar-refractivity contribution < 1.29 is 9.53 Å². The highest BCUT2D eigenvalue weighted by atomic mass is 16.5. The zero-order valence-corrected chi connectivity index (χ0v) is 15.4. The minimum absolute atomic E-state index is 0.0253. The molecule has 2 aliphatic heterocycles. The van der Waals surface area contributed by atoms with Crippen molar-refractivity contribution in [3.63, 3.8) is 0 Å². The van der Waals surface area contributed by atoms with Crippen LogP contribution >= 0.6 is 0 Å². The Kier molecular flexibility index (Phi) is 5.20. The van der Waals surface area contributed by atoms with E-state index in [9.17, 15) is 4.79 Å². The van der Waals surface area contributed by atoms with Crippen LogP contribution in [-0.4, -0.2) is 47.0 Å². The summed E-state index contributed by atoms with van der Waals surface area (Å²) in [6, 6.07) is 8.08. The summed E-state index contributed by atoms with van der Waals surface area (Å²) in [6.45, 7) is 3.83. The summed E-state index contributed by atoms with van der Waals surface area (Å²) < 4.78 is 5.89. The van der Waals surface area contributed by atoms with Crippen molar-refractivity contribution >= 4 is 11.7 Å². The SMILES string of the molecule is NC(=O)[C@H]1CCCN(CCNc2ncnc3c2Cc2ccccc2OC3)C1. The smallest absolute Gasteiger partial charge is 0.221 e. The van der Waals surface area contributed by atoms with Crippen LogP contribution in [0.3, 0.4) is 0 Å². The Morgan fingerprint density at radius 2 is 2.22 bits per heavy atom. The number of likely N-dealkylation sites (tertiary alicyclic amines) is 1. The summed E-state index contributed by atoms with van der Waals surface area (Å²) in [7, 11) is 0. The summed E-state index contributed by atoms with van der Waals surface area (Å²) in [5.41, 5.74) is 8.64. The highest BCUT2D eigenvalue weighted by Gasteiger charge is 2.24. The Morgan fingerprint density at radius 1 is 1.33 bits per heavy atom. The number of hydrogen-bond donors (Lipinski definition) is 2. The molecule has 3 heterocycles. The molecule has 7 nitrogen and oxygen atoms in total. The van der Waals surface area contributed by atoms with Crippen LogP contribution in [0, 0.1) is 5.92 Å². The number of ether oxygens (including phenoxy) is 1. The second-order valence-electron chi connectivity index (χ2n) is 7.19. The third-order valence-electron chi connectivity index (χ3n) is 5.37. The zero-order valence-electron chi connectivity index (χ0n) is 15.4. The summed E-state index contributed by atoms with van der Waals surface area (Å²) in [5, 5.41) is 3.46. The van der Waals surface area contributed by atoms with Gasteiger partial charge in [-0.15, -0.1) is 0 Å². The number of aromatic nitrogens is 2. The van der Waals surface area contributed by atoms with Gasteiger partial charge in [0, 0.05) is 31.6 Å². The maximum atomic E-state index is 11.4. The van der Waals surface area contributed by atoms with E-state index in [1.165, 1.54) is 0 Å². The van der Waals surface area contributed by atoms with E-state index in [0.717, 1.165) is 73.8 Å². The molecule has 1 saturated heterocycles. The van der Waals surface area contributed by atoms with Crippen LogP contribution in [0.1, 0.15) is 29.7 Å². The number of hydrogen-bond acceptors (Lipinski definition) is 6. The molecule has 27 heavy (non-hydrogen) atoms. The lowest BCUT2D eigenvalue weighted by atomic mass is 9.97. The van der Waals surface area contributed by atoms with Gasteiger partial charge in [-0.25, -0.2) is 9.97 Å². The zero-order chi connectivity index (χ0) is 18.6. The fourth-order valence-electron chi connectivity index (χ4n) is 3.86. The fraction of sp³-hybridized carbons (Fsp3) is 0.450. The van der Waals surface area contributed by atoms with Crippen LogP contribution in [0.25, 0.3) is 0 Å². The molecule has 7 heteroatoms. The van der Waals surface area contributed by atoms with Gasteiger partial charge in [0.15, 0.2) is 0 Å². The largest absolute Gasteiger partial charge is 0.487 e. The highest BCUT2D eigenvalue weighted by Crippen LogP contribution is 2.30. The lowest BCUT2D eigenvalue weighted by molar-refractivity contribution is -0.123. The maximum Gasteiger partial charge on any atom is 0.221 e. The first-order valence-electron chi connectivity index (χ1n) is 9.49. The maximum absolute atomic E-state index is 11.4. The van der Waals surface area contributed by atoms with Crippen molar-refractivity contribution in [2.45, 2.75) is 25.9 Å². The number of piperidine rings is 1. The topological polar surface area (TPSA) is 93.4 Å². The Morgan fingerprint density at radius 3 is 3.11 bits per heavy atom. The average molecular weight is 367 g/mol. The fourth-order valence-corrected chi connectivity index (χ4v) is 3.86. The summed E-state index contributed by atoms with van der Waals surface area (Å²) in [6.07, 6.45) is 4.26. The second-order valence-corrected chi connectivity index (χ2v) is 7.19. The molecule has 2 aliphatic rings. The van der Waals surface area contributed by atoms with Crippen molar-refractivity contribution in [1.82, 2.24) is 14.9 Å². The van der Waals surface area contributed by atoms with Crippen LogP contribution in [0.2, 0.25) is 0 Å². The van der Waals surface area contributed by atoms with Gasteiger partial charge in [-0.05, 0) is 31.0 Å². The van der Waals surface area contributed by atoms with E-state index in [0.29, 0.717) is 6.61 Å². The predicted molar refractivity (Wildman–Crippen MR) is 102 cm³/mol. The molecule has 1 atom stereocenters. The number of rotatable bonds is 5. The van der Waals surface area contributed by atoms with Crippen LogP contribution in [-0.2, 0) is 17.8 Å². The van der Waals surface area contributed by atoms with Gasteiger partial charge in [-0.2, -0.15) is 0 Å². The average Bonchev–Trinajstić information content (AvgIpc) is 2.88. The van der Waals surface area contributed by atoms with Gasteiger partial charge in [-0.1, -0.05) is 18.2 Å². The highest BCUT2D eigenvalue weighted by molar-refractivity contribution is 5.76. The lowest BCUT2D eigenvalue weighted by Gasteiger charge is -2.31. The van der Waals surface area contributed by atoms with Gasteiger partial charge in [0.05, 0.1) is 11.6 Å². The van der Waals surface area contributed by atoms with Crippen molar-refractivity contribution in [1.29, 1.82) is 0 Å². The minimum Gasteiger partial charge on any atom is -0.487 e. The van der Waals surface area contributed by atoms with Crippen molar-refractivity contribution in [2.24, 2.45) is 11.7 Å². The first kappa shape index (κ1) is 17.7. The third-order valence-corrected chi connectivity index (χ3v) is 5.37. The normalized spacial score (nSPS) is 19.3. The van der Waals surface area contributed by atoms with E-state index in [2.05, 4.69) is 26.3 Å². The number of amides is 1. The molecule has 0 bridgehead atoms. The second kappa shape index (κ2) is 7.92. The summed E-state index contributed by atoms with van der Waals surface area (Å²) in [5.74, 6) is 1.56. The molecule has 0 radical (unpaired) electrons. The van der Waals surface area contributed by atoms with Crippen molar-refractivity contribution in [3.8, 4) is 5.75 Å². The molecular formula is C20H25N5O2. The van der Waals surface area contributed by atoms with Crippen molar-refractivity contribution in [3.05, 3.63) is 47.4 Å². The first-order valence-corrected chi connectivity index (χ1v) is 9.49. The number of anilines is 1. The molecule has 1 aromatic heterocycles. The minimum atomic E-state index is -0.188. The number of carbonyl (C=O) groups is 1. The Balaban J connectivity index is 1.42. The lowest BCUT2D eigenvalue weighted by Crippen LogP contribution is -2.42. The Bertz CT molecular complexity index is 826. The number of para-hydroxylation sites is 1. The number of nitrogens with one attached hydrogen (secondary N) is 1. The number of nitrogens with two attached hydrogens (primary N) is 1. The van der Waals surface area contributed by atoms with E-state index >= 15 is 0 Å². The molecule has 0 aliphatic carbocycles. The molecule has 1 amide bonds. The monoisotopic (exact) mass is 367 g/mol. The molecule has 1 fully saturated rings. The standard InChI is InChI=1S/C20H25N5O2/c21-19(26)15-5-3-8-25(11-15)9-7-22-20-16-10-14-4-1-2-6-18(14)27-12-17(16)23-13-24-20/h1-2,4,6,13,15H,3,5,7-12H2,(H2,21,26)(H,22,23,24)/t15-/m0/s1. The Labute approximate surface area is 158 Å². The van der Waals surface area contributed by atoms with Crippen LogP contribution in [0.15, 0.2) is 30.6 Å². The third kappa shape index (κ3) is 4.03. The van der Waals surface area contributed by atoms with E-state index in [1.807, 2.05) is 18.2 Å². The first-order chi connectivity index (χ1) is 13.2. The molecular weight excluding hydrogens is 342 g/mol. The van der Waals surface area contributed by atoms with Crippen LogP contribution in [0.4, 0.5) is 5.82 Å². The predicted octanol–water partition coefficient (Wildman–Crippen LogP) is 1.57. The molecule has 0 spiro atoms. The number of benzene rings is 1. The summed E-state index contributed by atoms with van der Waals surface area (Å²) in [4.78, 5) is 22.6. The van der Waals surface area contributed by atoms with Gasteiger partial charge >= 0.3 is 0 Å². The molecule has 0 saturated carbocycles. The number of nitrogens with zero attached hydrogens (tertiary/aromatic N) is 3. The van der Waals surface area contributed by atoms with Gasteiger partial charge in [0.2, 0.25) is 5.91 Å². The van der Waals surface area contributed by atoms with E-state index in [4.69, 9.17) is 10.5 Å². The number of fused-ring (bicyclic) bond motifs is 2. The Hall–Kier alpha value is -2.67. The van der Waals surface area contributed by atoms with E-state index in [1.54, 1.807) is 6.33 Å². The molecule has 142 valence electrons. The quantitative estimate of drug-likeness (QED) is 0.833. The van der Waals surface area contributed by atoms with Gasteiger partial charge < -0.3 is 20.7 Å². The van der Waals surface area contributed by atoms with Gasteiger partial charge in [0.1, 0.15) is 24.5 Å². The molecule has 1 aromatic carbocycles. The van der Waals surface area contributed by atoms with Gasteiger partial charge in [-0.3, -0.25) is 4.79 Å². The molecule has 2 aromatic rings.